The van der Waals surface area contributed by atoms with Crippen molar-refractivity contribution < 1.29 is 14.4 Å². The summed E-state index contributed by atoms with van der Waals surface area (Å²) in [4.78, 5) is 3.63. The molecule has 0 aliphatic carbocycles. The molecular weight excluding hydrogens is 264 g/mol. The Bertz CT molecular complexity index is 641. The van der Waals surface area contributed by atoms with E-state index in [4.69, 9.17) is 9.26 Å². The number of hydrogen-bond acceptors (Lipinski definition) is 9. The van der Waals surface area contributed by atoms with Crippen molar-refractivity contribution in [2.24, 2.45) is 15.2 Å². The van der Waals surface area contributed by atoms with Crippen LogP contribution in [-0.4, -0.2) is 32.8 Å². The normalized spacial score (nSPS) is 22.3. The molecule has 0 fully saturated rings. The Morgan fingerprint density at radius 1 is 1.40 bits per heavy atom. The zero-order valence-electron chi connectivity index (χ0n) is 10.4. The largest absolute Gasteiger partial charge is 0.396 e. The molecule has 3 heterocycles. The molecule has 3 rings (SSSR count). The molecule has 0 amide bonds. The zero-order valence-corrected chi connectivity index (χ0v) is 10.4. The van der Waals surface area contributed by atoms with Gasteiger partial charge in [-0.05, 0) is 19.1 Å². The predicted molar refractivity (Wildman–Crippen MR) is 64.5 cm³/mol. The molecule has 0 aromatic carbocycles. The van der Waals surface area contributed by atoms with E-state index in [1.165, 1.54) is 6.20 Å². The van der Waals surface area contributed by atoms with Crippen LogP contribution in [0.3, 0.4) is 0 Å². The van der Waals surface area contributed by atoms with E-state index in [-0.39, 0.29) is 0 Å². The molecular formula is C11H10N6O3. The summed E-state index contributed by atoms with van der Waals surface area (Å²) in [5, 5.41) is 28.5. The fraction of sp³-hybridized carbons (Fsp3) is 0.273. The van der Waals surface area contributed by atoms with Gasteiger partial charge in [0.25, 0.3) is 0 Å². The zero-order chi connectivity index (χ0) is 14.0. The lowest BCUT2D eigenvalue weighted by atomic mass is 10.1. The van der Waals surface area contributed by atoms with Crippen molar-refractivity contribution in [2.75, 3.05) is 0 Å². The lowest BCUT2D eigenvalue weighted by Gasteiger charge is -2.20. The lowest BCUT2D eigenvalue weighted by Crippen LogP contribution is -2.28. The fourth-order valence-corrected chi connectivity index (χ4v) is 1.67. The van der Waals surface area contributed by atoms with E-state index >= 15 is 0 Å². The van der Waals surface area contributed by atoms with Gasteiger partial charge in [-0.25, -0.2) is 0 Å². The maximum Gasteiger partial charge on any atom is 0.396 e. The van der Waals surface area contributed by atoms with Crippen LogP contribution in [0.2, 0.25) is 0 Å². The molecule has 2 atom stereocenters. The molecule has 0 spiro atoms. The average molecular weight is 274 g/mol. The van der Waals surface area contributed by atoms with E-state index in [1.54, 1.807) is 25.1 Å². The quantitative estimate of drug-likeness (QED) is 0.830. The standard InChI is InChI=1S/C11H10N6O3/c1-7-5-9(16-20-7)10(8-3-2-4-13-15-8)19-11(18)12-6-14-17-11/h2-6,10,18H,1H3. The number of azo groups is 1. The SMILES string of the molecule is Cc1cc(C(OC2(O)N=CN=N2)c2cccnn2)no1. The van der Waals surface area contributed by atoms with Crippen molar-refractivity contribution >= 4 is 6.34 Å². The van der Waals surface area contributed by atoms with Crippen molar-refractivity contribution in [2.45, 2.75) is 19.1 Å². The van der Waals surface area contributed by atoms with Crippen LogP contribution >= 0.6 is 0 Å². The van der Waals surface area contributed by atoms with Crippen LogP contribution in [0.4, 0.5) is 0 Å². The highest BCUT2D eigenvalue weighted by Crippen LogP contribution is 2.30. The molecule has 2 unspecified atom stereocenters. The second-order valence-corrected chi connectivity index (χ2v) is 4.04. The number of hydrogen-bond donors (Lipinski definition) is 1. The number of rotatable bonds is 4. The summed E-state index contributed by atoms with van der Waals surface area (Å²) in [6.07, 6.45) is 1.79. The third-order valence-corrected chi connectivity index (χ3v) is 2.52. The van der Waals surface area contributed by atoms with Crippen LogP contribution in [0.25, 0.3) is 0 Å². The number of nitrogens with zero attached hydrogens (tertiary/aromatic N) is 6. The molecule has 1 aliphatic rings. The van der Waals surface area contributed by atoms with Crippen LogP contribution in [0, 0.1) is 6.92 Å². The third kappa shape index (κ3) is 2.44. The molecule has 0 bridgehead atoms. The van der Waals surface area contributed by atoms with Gasteiger partial charge in [0.1, 0.15) is 17.8 Å². The van der Waals surface area contributed by atoms with E-state index < -0.39 is 12.1 Å². The Hall–Kier alpha value is -2.52. The first-order valence-electron chi connectivity index (χ1n) is 5.73. The number of aryl methyl sites for hydroxylation is 1. The third-order valence-electron chi connectivity index (χ3n) is 2.52. The monoisotopic (exact) mass is 274 g/mol. The van der Waals surface area contributed by atoms with Crippen LogP contribution in [0.1, 0.15) is 23.3 Å². The first kappa shape index (κ1) is 12.5. The minimum absolute atomic E-state index is 0.425. The van der Waals surface area contributed by atoms with Crippen LogP contribution < -0.4 is 0 Å². The van der Waals surface area contributed by atoms with E-state index in [1.807, 2.05) is 0 Å². The molecule has 0 radical (unpaired) electrons. The molecule has 102 valence electrons. The van der Waals surface area contributed by atoms with Crippen molar-refractivity contribution in [1.82, 2.24) is 15.4 Å². The summed E-state index contributed by atoms with van der Waals surface area (Å²) in [6.45, 7) is 1.74. The second kappa shape index (κ2) is 4.87. The molecule has 9 heteroatoms. The smallest absolute Gasteiger partial charge is 0.361 e. The first-order chi connectivity index (χ1) is 9.66. The highest BCUT2D eigenvalue weighted by molar-refractivity contribution is 5.56. The van der Waals surface area contributed by atoms with Crippen molar-refractivity contribution in [3.8, 4) is 0 Å². The second-order valence-electron chi connectivity index (χ2n) is 4.04. The van der Waals surface area contributed by atoms with Gasteiger partial charge in [0.2, 0.25) is 0 Å². The van der Waals surface area contributed by atoms with Gasteiger partial charge in [0.05, 0.1) is 5.69 Å². The fourth-order valence-electron chi connectivity index (χ4n) is 1.67. The Morgan fingerprint density at radius 2 is 2.30 bits per heavy atom. The maximum atomic E-state index is 10.0. The highest BCUT2D eigenvalue weighted by Gasteiger charge is 2.36. The summed E-state index contributed by atoms with van der Waals surface area (Å²) in [6, 6.07) is 2.95. The summed E-state index contributed by atoms with van der Waals surface area (Å²) < 4.78 is 10.5. The minimum atomic E-state index is -2.09. The van der Waals surface area contributed by atoms with Crippen LogP contribution in [0.15, 0.2) is 44.1 Å². The van der Waals surface area contributed by atoms with Gasteiger partial charge in [0.15, 0.2) is 6.10 Å². The van der Waals surface area contributed by atoms with Crippen molar-refractivity contribution in [1.29, 1.82) is 0 Å². The maximum absolute atomic E-state index is 10.0. The topological polar surface area (TPSA) is 118 Å². The molecule has 0 saturated heterocycles. The summed E-state index contributed by atoms with van der Waals surface area (Å²) in [5.41, 5.74) is 0.861. The molecule has 9 nitrogen and oxygen atoms in total. The van der Waals surface area contributed by atoms with Gasteiger partial charge in [-0.1, -0.05) is 10.3 Å². The lowest BCUT2D eigenvalue weighted by molar-refractivity contribution is -0.213. The predicted octanol–water partition coefficient (Wildman–Crippen LogP) is 0.977. The van der Waals surface area contributed by atoms with Gasteiger partial charge in [0, 0.05) is 12.3 Å². The van der Waals surface area contributed by atoms with Gasteiger partial charge in [-0.3, -0.25) is 4.74 Å². The Morgan fingerprint density at radius 3 is 2.90 bits per heavy atom. The minimum Gasteiger partial charge on any atom is -0.361 e. The molecule has 1 N–H and O–H groups in total. The molecule has 2 aromatic heterocycles. The average Bonchev–Trinajstić information content (AvgIpc) is 3.07. The van der Waals surface area contributed by atoms with Crippen LogP contribution in [-0.2, 0) is 4.74 Å². The van der Waals surface area contributed by atoms with Gasteiger partial charge in [-0.2, -0.15) is 15.2 Å². The highest BCUT2D eigenvalue weighted by atomic mass is 16.7. The van der Waals surface area contributed by atoms with E-state index in [0.29, 0.717) is 17.1 Å². The van der Waals surface area contributed by atoms with Gasteiger partial charge >= 0.3 is 6.03 Å². The molecule has 1 aliphatic heterocycles. The van der Waals surface area contributed by atoms with Crippen molar-refractivity contribution in [3.05, 3.63) is 41.5 Å². The van der Waals surface area contributed by atoms with E-state index in [9.17, 15) is 5.11 Å². The number of aromatic nitrogens is 3. The van der Waals surface area contributed by atoms with E-state index in [0.717, 1.165) is 6.34 Å². The molecule has 0 saturated carbocycles. The van der Waals surface area contributed by atoms with Crippen molar-refractivity contribution in [3.63, 3.8) is 0 Å². The first-order valence-corrected chi connectivity index (χ1v) is 5.73. The number of ether oxygens (including phenoxy) is 1. The summed E-state index contributed by atoms with van der Waals surface area (Å²) in [5.74, 6) is 0.598. The molecule has 2 aromatic rings. The van der Waals surface area contributed by atoms with Crippen LogP contribution in [0.5, 0.6) is 0 Å². The van der Waals surface area contributed by atoms with Gasteiger partial charge in [-0.15, -0.1) is 5.11 Å². The summed E-state index contributed by atoms with van der Waals surface area (Å²) in [7, 11) is 0. The molecule has 20 heavy (non-hydrogen) atoms. The Balaban J connectivity index is 1.96. The summed E-state index contributed by atoms with van der Waals surface area (Å²) >= 11 is 0. The Kier molecular flexibility index (Phi) is 3.05. The Labute approximate surface area is 113 Å². The van der Waals surface area contributed by atoms with E-state index in [2.05, 4.69) is 30.6 Å². The number of aliphatic hydroxyl groups is 1. The van der Waals surface area contributed by atoms with Gasteiger partial charge < -0.3 is 9.63 Å². The number of aliphatic imine (C=N–C) groups is 1.